The first-order valence-corrected chi connectivity index (χ1v) is 12.8. The van der Waals surface area contributed by atoms with Crippen LogP contribution < -0.4 is 0 Å². The second-order valence-corrected chi connectivity index (χ2v) is 11.5. The van der Waals surface area contributed by atoms with Crippen molar-refractivity contribution in [2.75, 3.05) is 0 Å². The number of amides is 1. The van der Waals surface area contributed by atoms with Gasteiger partial charge in [-0.15, -0.1) is 11.3 Å². The molecule has 2 bridgehead atoms. The van der Waals surface area contributed by atoms with E-state index >= 15 is 0 Å². The molecule has 2 aromatic carbocycles. The smallest absolute Gasteiger partial charge is 0.254 e. The normalized spacial score (nSPS) is 23.8. The maximum Gasteiger partial charge on any atom is 0.254 e. The van der Waals surface area contributed by atoms with E-state index in [0.717, 1.165) is 34.5 Å². The average Bonchev–Trinajstić information content (AvgIpc) is 3.30. The van der Waals surface area contributed by atoms with Gasteiger partial charge in [0.15, 0.2) is 9.84 Å². The van der Waals surface area contributed by atoms with E-state index in [-0.39, 0.29) is 18.0 Å². The predicted octanol–water partition coefficient (Wildman–Crippen LogP) is 4.47. The maximum absolute atomic E-state index is 13.4. The highest BCUT2D eigenvalue weighted by Crippen LogP contribution is 2.41. The van der Waals surface area contributed by atoms with Gasteiger partial charge in [0.05, 0.1) is 25.4 Å². The Labute approximate surface area is 180 Å². The molecule has 1 amide bonds. The predicted molar refractivity (Wildman–Crippen MR) is 119 cm³/mol. The van der Waals surface area contributed by atoms with Gasteiger partial charge in [0.2, 0.25) is 0 Å². The molecule has 2 fully saturated rings. The van der Waals surface area contributed by atoms with E-state index in [1.165, 1.54) is 0 Å². The Hall–Kier alpha value is -2.25. The van der Waals surface area contributed by atoms with Gasteiger partial charge in [0.25, 0.3) is 5.91 Å². The summed E-state index contributed by atoms with van der Waals surface area (Å²) in [6, 6.07) is 14.4. The SMILES string of the molecule is CCc1nc2ccc(C(=O)N3[C@@H]4CC[C@H]3CC(S(=O)(=O)c3ccccc3)C4)cc2s1. The van der Waals surface area contributed by atoms with E-state index in [4.69, 9.17) is 0 Å². The molecule has 0 N–H and O–H groups in total. The zero-order chi connectivity index (χ0) is 20.9. The molecule has 5 rings (SSSR count). The topological polar surface area (TPSA) is 67.3 Å². The lowest BCUT2D eigenvalue weighted by Gasteiger charge is -2.38. The fourth-order valence-corrected chi connectivity index (χ4v) is 7.74. The molecule has 1 aromatic heterocycles. The molecule has 3 aromatic rings. The standard InChI is InChI=1S/C23H24N2O3S2/c1-2-22-24-20-11-8-15(12-21(20)29-22)23(26)25-16-9-10-17(25)14-19(13-16)30(27,28)18-6-4-3-5-7-18/h3-8,11-12,16-17,19H,2,9-10,13-14H2,1H3/t16-,17+,19?. The third-order valence-corrected chi connectivity index (χ3v) is 9.77. The van der Waals surface area contributed by atoms with Crippen LogP contribution in [0.4, 0.5) is 0 Å². The minimum atomic E-state index is -3.38. The van der Waals surface area contributed by atoms with E-state index < -0.39 is 15.1 Å². The summed E-state index contributed by atoms with van der Waals surface area (Å²) in [7, 11) is -3.38. The zero-order valence-electron chi connectivity index (χ0n) is 16.8. The largest absolute Gasteiger partial charge is 0.333 e. The van der Waals surface area contributed by atoms with Gasteiger partial charge in [0.1, 0.15) is 0 Å². The highest BCUT2D eigenvalue weighted by Gasteiger charge is 2.47. The van der Waals surface area contributed by atoms with Gasteiger partial charge in [-0.3, -0.25) is 4.79 Å². The van der Waals surface area contributed by atoms with Crippen LogP contribution in [0.15, 0.2) is 53.4 Å². The lowest BCUT2D eigenvalue weighted by molar-refractivity contribution is 0.0598. The summed E-state index contributed by atoms with van der Waals surface area (Å²) in [6.45, 7) is 2.08. The van der Waals surface area contributed by atoms with E-state index in [9.17, 15) is 13.2 Å². The fourth-order valence-electron chi connectivity index (χ4n) is 4.92. The first-order valence-electron chi connectivity index (χ1n) is 10.5. The first kappa shape index (κ1) is 19.7. The Morgan fingerprint density at radius 1 is 1.10 bits per heavy atom. The van der Waals surface area contributed by atoms with Crippen molar-refractivity contribution in [3.8, 4) is 0 Å². The van der Waals surface area contributed by atoms with Crippen LogP contribution in [0.5, 0.6) is 0 Å². The van der Waals surface area contributed by atoms with Crippen LogP contribution in [-0.4, -0.2) is 41.5 Å². The average molecular weight is 441 g/mol. The van der Waals surface area contributed by atoms with E-state index in [1.54, 1.807) is 35.6 Å². The molecular formula is C23H24N2O3S2. The lowest BCUT2D eigenvalue weighted by atomic mass is 10.0. The molecule has 156 valence electrons. The summed E-state index contributed by atoms with van der Waals surface area (Å²) in [5.74, 6) is 0.0198. The molecular weight excluding hydrogens is 416 g/mol. The van der Waals surface area contributed by atoms with Gasteiger partial charge in [-0.05, 0) is 62.4 Å². The summed E-state index contributed by atoms with van der Waals surface area (Å²) in [5.41, 5.74) is 1.61. The van der Waals surface area contributed by atoms with Crippen LogP contribution >= 0.6 is 11.3 Å². The number of nitrogens with zero attached hydrogens (tertiary/aromatic N) is 2. The van der Waals surface area contributed by atoms with Crippen LogP contribution in [0.2, 0.25) is 0 Å². The molecule has 0 spiro atoms. The number of rotatable bonds is 4. The number of benzene rings is 2. The second-order valence-electron chi connectivity index (χ2n) is 8.19. The number of piperidine rings is 1. The number of sulfone groups is 1. The molecule has 30 heavy (non-hydrogen) atoms. The van der Waals surface area contributed by atoms with Gasteiger partial charge >= 0.3 is 0 Å². The summed E-state index contributed by atoms with van der Waals surface area (Å²) < 4.78 is 27.3. The Morgan fingerprint density at radius 2 is 1.80 bits per heavy atom. The van der Waals surface area contributed by atoms with Crippen molar-refractivity contribution in [3.05, 3.63) is 59.1 Å². The summed E-state index contributed by atoms with van der Waals surface area (Å²) in [5, 5.41) is 0.652. The number of aryl methyl sites for hydroxylation is 1. The van der Waals surface area contributed by atoms with Crippen molar-refractivity contribution < 1.29 is 13.2 Å². The molecule has 0 radical (unpaired) electrons. The molecule has 3 atom stereocenters. The van der Waals surface area contributed by atoms with Crippen molar-refractivity contribution in [1.82, 2.24) is 9.88 Å². The Morgan fingerprint density at radius 3 is 2.47 bits per heavy atom. The number of aromatic nitrogens is 1. The molecule has 3 heterocycles. The number of carbonyl (C=O) groups is 1. The second kappa shape index (κ2) is 7.46. The van der Waals surface area contributed by atoms with Crippen LogP contribution in [0.1, 0.15) is 48.0 Å². The monoisotopic (exact) mass is 440 g/mol. The fraction of sp³-hybridized carbons (Fsp3) is 0.391. The summed E-state index contributed by atoms with van der Waals surface area (Å²) in [4.78, 5) is 20.3. The van der Waals surface area contributed by atoms with Crippen molar-refractivity contribution in [1.29, 1.82) is 0 Å². The number of fused-ring (bicyclic) bond motifs is 3. The molecule has 5 nitrogen and oxygen atoms in total. The number of carbonyl (C=O) groups excluding carboxylic acids is 1. The highest BCUT2D eigenvalue weighted by molar-refractivity contribution is 7.92. The quantitative estimate of drug-likeness (QED) is 0.600. The van der Waals surface area contributed by atoms with Crippen LogP contribution in [0.25, 0.3) is 10.2 Å². The van der Waals surface area contributed by atoms with Gasteiger partial charge in [-0.1, -0.05) is 25.1 Å². The highest BCUT2D eigenvalue weighted by atomic mass is 32.2. The van der Waals surface area contributed by atoms with Gasteiger partial charge in [-0.25, -0.2) is 13.4 Å². The molecule has 1 unspecified atom stereocenters. The Bertz CT molecular complexity index is 1190. The van der Waals surface area contributed by atoms with E-state index in [1.807, 2.05) is 29.2 Å². The maximum atomic E-state index is 13.4. The molecule has 0 saturated carbocycles. The Balaban J connectivity index is 1.39. The molecule has 2 aliphatic heterocycles. The van der Waals surface area contributed by atoms with Gasteiger partial charge in [0, 0.05) is 17.6 Å². The number of hydrogen-bond donors (Lipinski definition) is 0. The van der Waals surface area contributed by atoms with Crippen LogP contribution in [0.3, 0.4) is 0 Å². The van der Waals surface area contributed by atoms with Crippen LogP contribution in [-0.2, 0) is 16.3 Å². The van der Waals surface area contributed by atoms with Crippen molar-refractivity contribution in [2.24, 2.45) is 0 Å². The molecule has 7 heteroatoms. The Kier molecular flexibility index (Phi) is 4.90. The summed E-state index contributed by atoms with van der Waals surface area (Å²) >= 11 is 1.63. The van der Waals surface area contributed by atoms with Crippen molar-refractivity contribution in [3.63, 3.8) is 0 Å². The number of hydrogen-bond acceptors (Lipinski definition) is 5. The molecule has 2 saturated heterocycles. The first-order chi connectivity index (χ1) is 14.5. The van der Waals surface area contributed by atoms with Gasteiger partial charge < -0.3 is 4.90 Å². The minimum Gasteiger partial charge on any atom is -0.333 e. The third kappa shape index (κ3) is 3.24. The van der Waals surface area contributed by atoms with Crippen molar-refractivity contribution in [2.45, 2.75) is 61.3 Å². The lowest BCUT2D eigenvalue weighted by Crippen LogP contribution is -2.49. The van der Waals surface area contributed by atoms with E-state index in [2.05, 4.69) is 11.9 Å². The third-order valence-electron chi connectivity index (χ3n) is 6.42. The molecule has 2 aliphatic rings. The summed E-state index contributed by atoms with van der Waals surface area (Å²) in [6.07, 6.45) is 3.67. The number of thiazole rings is 1. The molecule has 0 aliphatic carbocycles. The van der Waals surface area contributed by atoms with Crippen LogP contribution in [0, 0.1) is 0 Å². The van der Waals surface area contributed by atoms with Crippen molar-refractivity contribution >= 4 is 37.3 Å². The zero-order valence-corrected chi connectivity index (χ0v) is 18.5. The minimum absolute atomic E-state index is 0.0110. The van der Waals surface area contributed by atoms with E-state index in [0.29, 0.717) is 23.3 Å². The van der Waals surface area contributed by atoms with Gasteiger partial charge in [-0.2, -0.15) is 0 Å².